The highest BCUT2D eigenvalue weighted by molar-refractivity contribution is 5.92. The molecule has 0 radical (unpaired) electrons. The predicted molar refractivity (Wildman–Crippen MR) is 187 cm³/mol. The average Bonchev–Trinajstić information content (AvgIpc) is 3.10. The number of piperidine rings is 1. The van der Waals surface area contributed by atoms with Crippen molar-refractivity contribution in [2.45, 2.75) is 95.3 Å². The lowest BCUT2D eigenvalue weighted by atomic mass is 10.0. The molecule has 0 aromatic carbocycles. The number of carbonyl (C=O) groups is 6. The van der Waals surface area contributed by atoms with Crippen molar-refractivity contribution in [3.05, 3.63) is 0 Å². The van der Waals surface area contributed by atoms with Gasteiger partial charge in [-0.15, -0.1) is 0 Å². The van der Waals surface area contributed by atoms with Gasteiger partial charge < -0.3 is 59.0 Å². The summed E-state index contributed by atoms with van der Waals surface area (Å²) in [5, 5.41) is 13.1. The Morgan fingerprint density at radius 3 is 2.08 bits per heavy atom. The van der Waals surface area contributed by atoms with E-state index in [0.29, 0.717) is 64.7 Å². The second-order valence-electron chi connectivity index (χ2n) is 12.3. The first-order chi connectivity index (χ1) is 24.0. The number of likely N-dealkylation sites (tertiary alicyclic amines) is 1. The van der Waals surface area contributed by atoms with E-state index in [1.807, 2.05) is 0 Å². The lowest BCUT2D eigenvalue weighted by molar-refractivity contribution is -0.132. The smallest absolute Gasteiger partial charge is 0.243 e. The van der Waals surface area contributed by atoms with Crippen molar-refractivity contribution in [1.29, 1.82) is 0 Å². The zero-order valence-electron chi connectivity index (χ0n) is 29.7. The first-order valence-corrected chi connectivity index (χ1v) is 17.8. The molecule has 50 heavy (non-hydrogen) atoms. The molecule has 13 N–H and O–H groups in total. The molecule has 1 rings (SSSR count). The zero-order valence-corrected chi connectivity index (χ0v) is 29.7. The van der Waals surface area contributed by atoms with Gasteiger partial charge in [-0.3, -0.25) is 33.7 Å². The number of hydrogen-bond acceptors (Lipinski definition) is 12. The van der Waals surface area contributed by atoms with Crippen molar-refractivity contribution in [2.24, 2.45) is 22.9 Å². The molecular formula is C32H62N10O8. The van der Waals surface area contributed by atoms with Crippen LogP contribution in [0, 0.1) is 0 Å². The number of ether oxygens (including phenoxy) is 2. The average molecular weight is 715 g/mol. The van der Waals surface area contributed by atoms with Gasteiger partial charge in [-0.05, 0) is 71.0 Å². The van der Waals surface area contributed by atoms with Crippen molar-refractivity contribution in [2.75, 3.05) is 72.2 Å². The molecule has 0 aromatic rings. The van der Waals surface area contributed by atoms with E-state index in [1.165, 1.54) is 6.42 Å². The summed E-state index contributed by atoms with van der Waals surface area (Å²) in [6, 6.07) is -2.49. The van der Waals surface area contributed by atoms with Gasteiger partial charge in [0.15, 0.2) is 0 Å². The lowest BCUT2D eigenvalue weighted by Crippen LogP contribution is -2.54. The van der Waals surface area contributed by atoms with Crippen LogP contribution in [0.2, 0.25) is 0 Å². The largest absolute Gasteiger partial charge is 0.379 e. The second kappa shape index (κ2) is 27.3. The summed E-state index contributed by atoms with van der Waals surface area (Å²) in [6.07, 6.45) is 6.67. The number of hydrogen-bond donors (Lipinski definition) is 9. The minimum atomic E-state index is -1.08. The molecule has 1 saturated heterocycles. The SMILES string of the molecule is CC[C@H]1CCCCN1CC(=O)NCCOCCOCCC(=O)NC(CCCN)C(=O)NCC(=O)NC(CCCCN)C(=O)NC[C@H](N)C(N)=O. The first-order valence-electron chi connectivity index (χ1n) is 17.8. The molecule has 0 spiro atoms. The van der Waals surface area contributed by atoms with E-state index in [0.717, 1.165) is 25.8 Å². The van der Waals surface area contributed by atoms with E-state index < -0.39 is 54.2 Å². The molecule has 0 bridgehead atoms. The Balaban J connectivity index is 2.36. The Kier molecular flexibility index (Phi) is 24.4. The van der Waals surface area contributed by atoms with E-state index in [1.54, 1.807) is 0 Å². The number of rotatable bonds is 28. The molecule has 1 fully saturated rings. The standard InChI is InChI=1S/C32H62N10O8/c1-2-23-8-4-6-15-42(23)22-29(45)37-14-17-50-19-18-49-16-11-27(43)40-26(10-7-13-34)32(48)39-21-28(44)41-25(9-3-5-12-33)31(47)38-20-24(35)30(36)46/h23-26H,2-22,33-35H2,1H3,(H2,36,46)(H,37,45)(H,38,47)(H,39,48)(H,40,43)(H,41,44)/t23-,24-,25?,26?/m0/s1. The van der Waals surface area contributed by atoms with Crippen molar-refractivity contribution in [3.8, 4) is 0 Å². The summed E-state index contributed by atoms with van der Waals surface area (Å²) in [7, 11) is 0. The first kappa shape index (κ1) is 44.6. The highest BCUT2D eigenvalue weighted by Gasteiger charge is 2.25. The molecule has 0 aliphatic carbocycles. The van der Waals surface area contributed by atoms with Gasteiger partial charge in [-0.2, -0.15) is 0 Å². The van der Waals surface area contributed by atoms with Crippen molar-refractivity contribution >= 4 is 35.4 Å². The maximum Gasteiger partial charge on any atom is 0.243 e. The molecule has 4 atom stereocenters. The molecule has 1 heterocycles. The van der Waals surface area contributed by atoms with Crippen LogP contribution in [-0.4, -0.2) is 137 Å². The predicted octanol–water partition coefficient (Wildman–Crippen LogP) is -3.33. The summed E-state index contributed by atoms with van der Waals surface area (Å²) in [5.74, 6) is -2.98. The van der Waals surface area contributed by atoms with Crippen molar-refractivity contribution in [3.63, 3.8) is 0 Å². The third-order valence-corrected chi connectivity index (χ3v) is 8.21. The molecule has 1 aliphatic heterocycles. The summed E-state index contributed by atoms with van der Waals surface area (Å²) in [4.78, 5) is 76.3. The quantitative estimate of drug-likeness (QED) is 0.0360. The third-order valence-electron chi connectivity index (χ3n) is 8.21. The van der Waals surface area contributed by atoms with Crippen LogP contribution < -0.4 is 49.5 Å². The molecule has 288 valence electrons. The highest BCUT2D eigenvalue weighted by atomic mass is 16.5. The summed E-state index contributed by atoms with van der Waals surface area (Å²) < 4.78 is 11.0. The van der Waals surface area contributed by atoms with Gasteiger partial charge in [0, 0.05) is 25.6 Å². The van der Waals surface area contributed by atoms with Crippen LogP contribution >= 0.6 is 0 Å². The Morgan fingerprint density at radius 1 is 0.780 bits per heavy atom. The van der Waals surface area contributed by atoms with Crippen LogP contribution in [-0.2, 0) is 38.2 Å². The number of amides is 6. The molecular weight excluding hydrogens is 652 g/mol. The van der Waals surface area contributed by atoms with Gasteiger partial charge in [0.05, 0.1) is 39.5 Å². The molecule has 0 aromatic heterocycles. The summed E-state index contributed by atoms with van der Waals surface area (Å²) in [6.45, 7) is 4.96. The van der Waals surface area contributed by atoms with E-state index in [2.05, 4.69) is 38.4 Å². The molecule has 0 saturated carbocycles. The number of nitrogens with two attached hydrogens (primary N) is 4. The Morgan fingerprint density at radius 2 is 1.42 bits per heavy atom. The fourth-order valence-corrected chi connectivity index (χ4v) is 5.31. The van der Waals surface area contributed by atoms with E-state index in [-0.39, 0.29) is 44.9 Å². The normalized spacial score (nSPS) is 16.4. The van der Waals surface area contributed by atoms with E-state index in [9.17, 15) is 28.8 Å². The molecule has 1 aliphatic rings. The van der Waals surface area contributed by atoms with Crippen LogP contribution in [0.1, 0.15) is 71.1 Å². The molecule has 18 nitrogen and oxygen atoms in total. The van der Waals surface area contributed by atoms with Gasteiger partial charge in [0.2, 0.25) is 35.4 Å². The topological polar surface area (TPSA) is 288 Å². The Bertz CT molecular complexity index is 1040. The maximum atomic E-state index is 12.9. The van der Waals surface area contributed by atoms with Gasteiger partial charge in [-0.1, -0.05) is 13.3 Å². The lowest BCUT2D eigenvalue weighted by Gasteiger charge is -2.34. The molecule has 6 amide bonds. The van der Waals surface area contributed by atoms with Gasteiger partial charge >= 0.3 is 0 Å². The Labute approximate surface area is 295 Å². The van der Waals surface area contributed by atoms with Crippen LogP contribution in [0.5, 0.6) is 0 Å². The van der Waals surface area contributed by atoms with Gasteiger partial charge in [0.1, 0.15) is 18.1 Å². The monoisotopic (exact) mass is 714 g/mol. The van der Waals surface area contributed by atoms with Crippen LogP contribution in [0.3, 0.4) is 0 Å². The fraction of sp³-hybridized carbons (Fsp3) is 0.812. The van der Waals surface area contributed by atoms with Crippen molar-refractivity contribution < 1.29 is 38.2 Å². The van der Waals surface area contributed by atoms with Crippen LogP contribution in [0.15, 0.2) is 0 Å². The fourth-order valence-electron chi connectivity index (χ4n) is 5.31. The van der Waals surface area contributed by atoms with Crippen LogP contribution in [0.25, 0.3) is 0 Å². The third kappa shape index (κ3) is 20.3. The number of nitrogens with zero attached hydrogens (tertiary/aromatic N) is 1. The van der Waals surface area contributed by atoms with Crippen molar-refractivity contribution in [1.82, 2.24) is 31.5 Å². The zero-order chi connectivity index (χ0) is 37.1. The Hall–Kier alpha value is -3.42. The summed E-state index contributed by atoms with van der Waals surface area (Å²) >= 11 is 0. The van der Waals surface area contributed by atoms with Crippen LogP contribution in [0.4, 0.5) is 0 Å². The van der Waals surface area contributed by atoms with E-state index in [4.69, 9.17) is 32.4 Å². The summed E-state index contributed by atoms with van der Waals surface area (Å²) in [5.41, 5.74) is 21.8. The molecule has 2 unspecified atom stereocenters. The number of carbonyl (C=O) groups excluding carboxylic acids is 6. The minimum Gasteiger partial charge on any atom is -0.379 e. The minimum absolute atomic E-state index is 0.00277. The second-order valence-corrected chi connectivity index (χ2v) is 12.3. The number of nitrogens with one attached hydrogen (secondary N) is 5. The number of primary amides is 1. The molecule has 18 heteroatoms. The van der Waals surface area contributed by atoms with E-state index >= 15 is 0 Å². The number of unbranched alkanes of at least 4 members (excludes halogenated alkanes) is 1. The maximum absolute atomic E-state index is 12.9. The van der Waals surface area contributed by atoms with Gasteiger partial charge in [-0.25, -0.2) is 0 Å². The van der Waals surface area contributed by atoms with Gasteiger partial charge in [0.25, 0.3) is 0 Å². The highest BCUT2D eigenvalue weighted by Crippen LogP contribution is 2.18.